The highest BCUT2D eigenvalue weighted by Crippen LogP contribution is 2.25. The molecule has 0 fully saturated rings. The molecule has 1 amide bonds. The second-order valence-corrected chi connectivity index (χ2v) is 5.15. The fourth-order valence-electron chi connectivity index (χ4n) is 2.28. The van der Waals surface area contributed by atoms with Crippen LogP contribution in [0.2, 0.25) is 0 Å². The van der Waals surface area contributed by atoms with E-state index in [1.165, 1.54) is 12.1 Å². The third-order valence-corrected chi connectivity index (χ3v) is 3.50. The summed E-state index contributed by atoms with van der Waals surface area (Å²) < 4.78 is 0. The number of benzene rings is 2. The molecule has 0 radical (unpaired) electrons. The van der Waals surface area contributed by atoms with Gasteiger partial charge in [-0.3, -0.25) is 9.59 Å². The van der Waals surface area contributed by atoms with Gasteiger partial charge in [-0.1, -0.05) is 54.6 Å². The van der Waals surface area contributed by atoms with Gasteiger partial charge in [-0.25, -0.2) is 0 Å². The summed E-state index contributed by atoms with van der Waals surface area (Å²) >= 11 is 0. The number of nitrogens with two attached hydrogens (primary N) is 1. The lowest BCUT2D eigenvalue weighted by atomic mass is 9.88. The summed E-state index contributed by atoms with van der Waals surface area (Å²) in [5.74, 6) is -2.37. The number of rotatable bonds is 6. The van der Waals surface area contributed by atoms with Gasteiger partial charge in [0.2, 0.25) is 0 Å². The Bertz CT molecular complexity index is 667. The van der Waals surface area contributed by atoms with Crippen molar-refractivity contribution in [2.75, 3.05) is 0 Å². The van der Waals surface area contributed by atoms with E-state index in [2.05, 4.69) is 0 Å². The molecule has 5 nitrogen and oxygen atoms in total. The van der Waals surface area contributed by atoms with E-state index in [0.29, 0.717) is 6.42 Å². The molecule has 0 saturated heterocycles. The molecule has 0 heterocycles. The number of hydrogen-bond donors (Lipinski definition) is 3. The summed E-state index contributed by atoms with van der Waals surface area (Å²) in [6, 6.07) is 16.4. The quantitative estimate of drug-likeness (QED) is 0.751. The number of primary amides is 1. The average Bonchev–Trinajstić information content (AvgIpc) is 2.48. The number of carboxylic acids is 1. The zero-order chi connectivity index (χ0) is 16.2. The van der Waals surface area contributed by atoms with Gasteiger partial charge in [0, 0.05) is 0 Å². The molecule has 0 aliphatic rings. The van der Waals surface area contributed by atoms with Crippen LogP contribution in [0.15, 0.2) is 54.6 Å². The third kappa shape index (κ3) is 3.51. The Kier molecular flexibility index (Phi) is 4.58. The van der Waals surface area contributed by atoms with Crippen molar-refractivity contribution in [1.82, 2.24) is 0 Å². The van der Waals surface area contributed by atoms with Crippen molar-refractivity contribution in [3.05, 3.63) is 71.3 Å². The van der Waals surface area contributed by atoms with E-state index in [0.717, 1.165) is 11.1 Å². The van der Waals surface area contributed by atoms with E-state index >= 15 is 0 Å². The molecule has 4 N–H and O–H groups in total. The standard InChI is InChI=1S/C17H17NO4/c18-16(21)17(22,11-15(19)20)14-8-6-13(7-9-14)10-12-4-2-1-3-5-12/h1-9,22H,10-11H2,(H2,18,21)(H,19,20). The molecule has 1 unspecified atom stereocenters. The number of carbonyl (C=O) groups is 2. The fourth-order valence-corrected chi connectivity index (χ4v) is 2.28. The largest absolute Gasteiger partial charge is 0.481 e. The van der Waals surface area contributed by atoms with Gasteiger partial charge in [0.1, 0.15) is 0 Å². The first-order chi connectivity index (χ1) is 10.4. The van der Waals surface area contributed by atoms with E-state index < -0.39 is 23.9 Å². The molecule has 0 bridgehead atoms. The maximum Gasteiger partial charge on any atom is 0.307 e. The number of hydrogen-bond acceptors (Lipinski definition) is 3. The number of amides is 1. The second kappa shape index (κ2) is 6.41. The minimum absolute atomic E-state index is 0.180. The molecule has 2 aromatic rings. The number of carboxylic acid groups (broad SMARTS) is 1. The van der Waals surface area contributed by atoms with Crippen LogP contribution < -0.4 is 5.73 Å². The van der Waals surface area contributed by atoms with Gasteiger partial charge in [0.25, 0.3) is 5.91 Å². The summed E-state index contributed by atoms with van der Waals surface area (Å²) in [6.07, 6.45) is -0.0601. The van der Waals surface area contributed by atoms with Crippen LogP contribution in [0.3, 0.4) is 0 Å². The molecule has 2 aromatic carbocycles. The second-order valence-electron chi connectivity index (χ2n) is 5.15. The molecule has 2 rings (SSSR count). The lowest BCUT2D eigenvalue weighted by Crippen LogP contribution is -2.42. The number of aliphatic hydroxyl groups is 1. The van der Waals surface area contributed by atoms with Crippen LogP contribution in [-0.2, 0) is 21.6 Å². The van der Waals surface area contributed by atoms with Crippen molar-refractivity contribution < 1.29 is 19.8 Å². The van der Waals surface area contributed by atoms with Crippen molar-refractivity contribution >= 4 is 11.9 Å². The van der Waals surface area contributed by atoms with Gasteiger partial charge in [-0.2, -0.15) is 0 Å². The predicted octanol–water partition coefficient (Wildman–Crippen LogP) is 1.42. The van der Waals surface area contributed by atoms with Gasteiger partial charge in [-0.15, -0.1) is 0 Å². The van der Waals surface area contributed by atoms with E-state index in [-0.39, 0.29) is 5.56 Å². The van der Waals surface area contributed by atoms with Crippen LogP contribution in [0, 0.1) is 0 Å². The molecule has 0 saturated carbocycles. The molecule has 0 spiro atoms. The van der Waals surface area contributed by atoms with Gasteiger partial charge >= 0.3 is 5.97 Å². The lowest BCUT2D eigenvalue weighted by Gasteiger charge is -2.23. The molecule has 22 heavy (non-hydrogen) atoms. The zero-order valence-electron chi connectivity index (χ0n) is 11.9. The number of aliphatic carboxylic acids is 1. The highest BCUT2D eigenvalue weighted by atomic mass is 16.4. The molecule has 0 aliphatic heterocycles. The minimum atomic E-state index is -2.20. The molecule has 114 valence electrons. The van der Waals surface area contributed by atoms with Crippen LogP contribution in [0.5, 0.6) is 0 Å². The topological polar surface area (TPSA) is 101 Å². The third-order valence-electron chi connectivity index (χ3n) is 3.50. The van der Waals surface area contributed by atoms with Gasteiger partial charge in [0.05, 0.1) is 6.42 Å². The van der Waals surface area contributed by atoms with Crippen LogP contribution in [0.4, 0.5) is 0 Å². The van der Waals surface area contributed by atoms with Gasteiger partial charge < -0.3 is 15.9 Å². The average molecular weight is 299 g/mol. The van der Waals surface area contributed by atoms with Crippen LogP contribution >= 0.6 is 0 Å². The smallest absolute Gasteiger partial charge is 0.307 e. The van der Waals surface area contributed by atoms with E-state index in [1.807, 2.05) is 30.3 Å². The van der Waals surface area contributed by atoms with Crippen molar-refractivity contribution in [2.45, 2.75) is 18.4 Å². The normalized spacial score (nSPS) is 13.3. The first-order valence-electron chi connectivity index (χ1n) is 6.79. The fraction of sp³-hybridized carbons (Fsp3) is 0.176. The van der Waals surface area contributed by atoms with Crippen molar-refractivity contribution in [3.63, 3.8) is 0 Å². The maximum absolute atomic E-state index is 11.4. The van der Waals surface area contributed by atoms with Crippen LogP contribution in [0.25, 0.3) is 0 Å². The summed E-state index contributed by atoms with van der Waals surface area (Å²) in [5, 5.41) is 19.1. The monoisotopic (exact) mass is 299 g/mol. The predicted molar refractivity (Wildman–Crippen MR) is 81.0 cm³/mol. The van der Waals surface area contributed by atoms with E-state index in [1.54, 1.807) is 12.1 Å². The Morgan fingerprint density at radius 3 is 2.00 bits per heavy atom. The SMILES string of the molecule is NC(=O)C(O)(CC(=O)O)c1ccc(Cc2ccccc2)cc1. The maximum atomic E-state index is 11.4. The first-order valence-corrected chi connectivity index (χ1v) is 6.79. The Morgan fingerprint density at radius 1 is 0.955 bits per heavy atom. The molecule has 0 aromatic heterocycles. The van der Waals surface area contributed by atoms with Gasteiger partial charge in [-0.05, 0) is 23.1 Å². The highest BCUT2D eigenvalue weighted by Gasteiger charge is 2.38. The summed E-state index contributed by atoms with van der Waals surface area (Å²) in [7, 11) is 0. The summed E-state index contributed by atoms with van der Waals surface area (Å²) in [4.78, 5) is 22.3. The van der Waals surface area contributed by atoms with Crippen molar-refractivity contribution in [1.29, 1.82) is 0 Å². The molecular weight excluding hydrogens is 282 g/mol. The molecule has 0 aliphatic carbocycles. The Labute approximate surface area is 128 Å². The Hall–Kier alpha value is -2.66. The van der Waals surface area contributed by atoms with E-state index in [4.69, 9.17) is 10.8 Å². The van der Waals surface area contributed by atoms with Crippen molar-refractivity contribution in [2.24, 2.45) is 5.73 Å². The summed E-state index contributed by atoms with van der Waals surface area (Å²) in [5.41, 5.74) is 5.26. The number of carbonyl (C=O) groups excluding carboxylic acids is 1. The van der Waals surface area contributed by atoms with Crippen LogP contribution in [-0.4, -0.2) is 22.1 Å². The summed E-state index contributed by atoms with van der Waals surface area (Å²) in [6.45, 7) is 0. The van der Waals surface area contributed by atoms with Gasteiger partial charge in [0.15, 0.2) is 5.60 Å². The van der Waals surface area contributed by atoms with Crippen LogP contribution in [0.1, 0.15) is 23.1 Å². The molecule has 5 heteroatoms. The first kappa shape index (κ1) is 15.7. The lowest BCUT2D eigenvalue weighted by molar-refractivity contribution is -0.151. The minimum Gasteiger partial charge on any atom is -0.481 e. The Morgan fingerprint density at radius 2 is 1.50 bits per heavy atom. The molecule has 1 atom stereocenters. The highest BCUT2D eigenvalue weighted by molar-refractivity contribution is 5.89. The van der Waals surface area contributed by atoms with E-state index in [9.17, 15) is 14.7 Å². The molecular formula is C17H17NO4. The van der Waals surface area contributed by atoms with Crippen molar-refractivity contribution in [3.8, 4) is 0 Å². The zero-order valence-corrected chi connectivity index (χ0v) is 11.9. The Balaban J connectivity index is 2.23.